The van der Waals surface area contributed by atoms with Gasteiger partial charge in [-0.25, -0.2) is 18.5 Å². The molecular weight excluding hydrogens is 334 g/mol. The van der Waals surface area contributed by atoms with Gasteiger partial charge in [0.1, 0.15) is 5.82 Å². The molecule has 0 aliphatic rings. The fraction of sp³-hybridized carbons (Fsp3) is 0.0769. The summed E-state index contributed by atoms with van der Waals surface area (Å²) in [4.78, 5) is 16.1. The minimum Gasteiger partial charge on any atom is -0.382 e. The van der Waals surface area contributed by atoms with E-state index in [1.807, 2.05) is 0 Å². The molecule has 0 aliphatic carbocycles. The number of hydrogen-bond donors (Lipinski definition) is 3. The smallest absolute Gasteiger partial charge is 0.273 e. The summed E-state index contributed by atoms with van der Waals surface area (Å²) in [7, 11) is -3.77. The molecule has 0 spiro atoms. The molecule has 0 bridgehead atoms. The Bertz CT molecular complexity index is 1110. The molecule has 124 valence electrons. The average molecular weight is 347 g/mol. The van der Waals surface area contributed by atoms with E-state index in [2.05, 4.69) is 20.3 Å². The van der Waals surface area contributed by atoms with E-state index < -0.39 is 10.0 Å². The van der Waals surface area contributed by atoms with Gasteiger partial charge >= 0.3 is 0 Å². The van der Waals surface area contributed by atoms with Crippen molar-refractivity contribution < 1.29 is 8.42 Å². The Hall–Kier alpha value is -3.05. The van der Waals surface area contributed by atoms with E-state index in [1.165, 1.54) is 34.8 Å². The van der Waals surface area contributed by atoms with E-state index in [-0.39, 0.29) is 27.6 Å². The van der Waals surface area contributed by atoms with Crippen molar-refractivity contribution in [2.45, 2.75) is 11.8 Å². The summed E-state index contributed by atoms with van der Waals surface area (Å²) in [6.07, 6.45) is 0. The van der Waals surface area contributed by atoms with Gasteiger partial charge in [0, 0.05) is 11.8 Å². The number of anilines is 1. The first kappa shape index (κ1) is 15.8. The summed E-state index contributed by atoms with van der Waals surface area (Å²) < 4.78 is 23.6. The normalized spacial score (nSPS) is 12.2. The molecular formula is C13H13N7O3S. The largest absolute Gasteiger partial charge is 0.382 e. The Labute approximate surface area is 135 Å². The number of rotatable bonds is 3. The summed E-state index contributed by atoms with van der Waals surface area (Å²) in [5.74, 6) is 0.134. The molecule has 5 N–H and O–H groups in total. The van der Waals surface area contributed by atoms with Gasteiger partial charge in [-0.2, -0.15) is 9.63 Å². The quantitative estimate of drug-likeness (QED) is 0.601. The van der Waals surface area contributed by atoms with Crippen LogP contribution in [0.5, 0.6) is 0 Å². The predicted octanol–water partition coefficient (Wildman–Crippen LogP) is 0.976. The maximum atomic E-state index is 11.9. The summed E-state index contributed by atoms with van der Waals surface area (Å²) in [5, 5.41) is 15.7. The number of aryl methyl sites for hydroxylation is 1. The van der Waals surface area contributed by atoms with Crippen LogP contribution in [0.15, 0.2) is 50.3 Å². The van der Waals surface area contributed by atoms with Gasteiger partial charge in [0.05, 0.1) is 10.6 Å². The van der Waals surface area contributed by atoms with E-state index in [0.29, 0.717) is 11.4 Å². The molecule has 24 heavy (non-hydrogen) atoms. The topological polar surface area (TPSA) is 161 Å². The number of nitrogens with one attached hydrogen (secondary N) is 1. The van der Waals surface area contributed by atoms with Gasteiger partial charge in [-0.15, -0.1) is 5.11 Å². The molecule has 0 saturated heterocycles. The van der Waals surface area contributed by atoms with Crippen molar-refractivity contribution >= 4 is 32.9 Å². The number of benzene rings is 1. The number of azo groups is 1. The van der Waals surface area contributed by atoms with Crippen molar-refractivity contribution in [2.24, 2.45) is 15.4 Å². The molecule has 3 rings (SSSR count). The zero-order valence-corrected chi connectivity index (χ0v) is 13.3. The standard InChI is InChI=1S/C13H13N7O3S/c1-7-6-10(21)20-13(16-7)11(12(14)19-20)18-17-8-2-4-9(5-3-8)24(15,22)23/h2-6,19H,14H2,1H3,(H2,15,22,23). The van der Waals surface area contributed by atoms with Gasteiger partial charge < -0.3 is 5.73 Å². The maximum Gasteiger partial charge on any atom is 0.273 e. The second-order valence-corrected chi connectivity index (χ2v) is 6.57. The molecule has 2 heterocycles. The van der Waals surface area contributed by atoms with Crippen molar-refractivity contribution in [1.82, 2.24) is 14.6 Å². The Morgan fingerprint density at radius 2 is 1.88 bits per heavy atom. The highest BCUT2D eigenvalue weighted by Crippen LogP contribution is 2.27. The Kier molecular flexibility index (Phi) is 3.66. The molecule has 3 aromatic rings. The lowest BCUT2D eigenvalue weighted by Gasteiger charge is -1.98. The van der Waals surface area contributed by atoms with Crippen molar-refractivity contribution in [3.63, 3.8) is 0 Å². The van der Waals surface area contributed by atoms with E-state index in [4.69, 9.17) is 10.9 Å². The van der Waals surface area contributed by atoms with Crippen LogP contribution < -0.4 is 16.4 Å². The molecule has 0 atom stereocenters. The van der Waals surface area contributed by atoms with Crippen LogP contribution in [0.4, 0.5) is 17.2 Å². The number of sulfonamides is 1. The monoisotopic (exact) mass is 347 g/mol. The Balaban J connectivity index is 2.02. The molecule has 0 fully saturated rings. The first-order chi connectivity index (χ1) is 11.3. The SMILES string of the molecule is Cc1cc(=O)n2[nH]c(N)c(N=Nc3ccc(S(N)(=O)=O)cc3)c2n1. The van der Waals surface area contributed by atoms with Crippen molar-refractivity contribution in [1.29, 1.82) is 0 Å². The molecule has 2 aromatic heterocycles. The average Bonchev–Trinajstić information content (AvgIpc) is 2.81. The predicted molar refractivity (Wildman–Crippen MR) is 87.0 cm³/mol. The molecule has 11 heteroatoms. The molecule has 0 saturated carbocycles. The highest BCUT2D eigenvalue weighted by atomic mass is 32.2. The van der Waals surface area contributed by atoms with E-state index in [9.17, 15) is 13.2 Å². The fourth-order valence-corrected chi connectivity index (χ4v) is 2.58. The van der Waals surface area contributed by atoms with E-state index >= 15 is 0 Å². The van der Waals surface area contributed by atoms with Gasteiger partial charge in [0.25, 0.3) is 5.56 Å². The third-order valence-electron chi connectivity index (χ3n) is 3.18. The second-order valence-electron chi connectivity index (χ2n) is 5.01. The first-order valence-electron chi connectivity index (χ1n) is 6.68. The van der Waals surface area contributed by atoms with Crippen LogP contribution in [0.1, 0.15) is 5.69 Å². The first-order valence-corrected chi connectivity index (χ1v) is 8.23. The van der Waals surface area contributed by atoms with Crippen LogP contribution in [0.2, 0.25) is 0 Å². The lowest BCUT2D eigenvalue weighted by Crippen LogP contribution is -2.14. The third-order valence-corrected chi connectivity index (χ3v) is 4.11. The van der Waals surface area contributed by atoms with Gasteiger partial charge in [-0.1, -0.05) is 0 Å². The number of aromatic nitrogens is 3. The Morgan fingerprint density at radius 1 is 1.21 bits per heavy atom. The van der Waals surface area contributed by atoms with Gasteiger partial charge in [0.2, 0.25) is 10.0 Å². The van der Waals surface area contributed by atoms with Crippen molar-refractivity contribution in [2.75, 3.05) is 5.73 Å². The number of H-pyrrole nitrogens is 1. The van der Waals surface area contributed by atoms with Crippen LogP contribution in [0.3, 0.4) is 0 Å². The highest BCUT2D eigenvalue weighted by molar-refractivity contribution is 7.89. The number of aromatic amines is 1. The molecule has 1 aromatic carbocycles. The maximum absolute atomic E-state index is 11.9. The number of hydrogen-bond acceptors (Lipinski definition) is 7. The number of fused-ring (bicyclic) bond motifs is 1. The van der Waals surface area contributed by atoms with Crippen LogP contribution >= 0.6 is 0 Å². The second kappa shape index (κ2) is 5.54. The van der Waals surface area contributed by atoms with E-state index in [0.717, 1.165) is 0 Å². The number of primary sulfonamides is 1. The third kappa shape index (κ3) is 2.89. The fourth-order valence-electron chi connectivity index (χ4n) is 2.07. The number of nitrogens with two attached hydrogens (primary N) is 2. The zero-order chi connectivity index (χ0) is 17.5. The molecule has 10 nitrogen and oxygen atoms in total. The molecule has 0 aliphatic heterocycles. The molecule has 0 radical (unpaired) electrons. The Morgan fingerprint density at radius 3 is 2.50 bits per heavy atom. The zero-order valence-electron chi connectivity index (χ0n) is 12.5. The summed E-state index contributed by atoms with van der Waals surface area (Å²) in [5.41, 5.74) is 6.87. The summed E-state index contributed by atoms with van der Waals surface area (Å²) in [6, 6.07) is 6.87. The summed E-state index contributed by atoms with van der Waals surface area (Å²) >= 11 is 0. The van der Waals surface area contributed by atoms with Crippen molar-refractivity contribution in [3.8, 4) is 0 Å². The lowest BCUT2D eigenvalue weighted by molar-refractivity contribution is 0.598. The van der Waals surface area contributed by atoms with Crippen LogP contribution in [-0.4, -0.2) is 23.0 Å². The van der Waals surface area contributed by atoms with Crippen LogP contribution in [0, 0.1) is 6.92 Å². The number of nitrogen functional groups attached to an aromatic ring is 1. The minimum absolute atomic E-state index is 0.0306. The van der Waals surface area contributed by atoms with Crippen molar-refractivity contribution in [3.05, 3.63) is 46.4 Å². The van der Waals surface area contributed by atoms with Crippen LogP contribution in [0.25, 0.3) is 5.65 Å². The molecule has 0 amide bonds. The highest BCUT2D eigenvalue weighted by Gasteiger charge is 2.12. The van der Waals surface area contributed by atoms with E-state index in [1.54, 1.807) is 6.92 Å². The number of nitrogens with zero attached hydrogens (tertiary/aromatic N) is 4. The van der Waals surface area contributed by atoms with Gasteiger partial charge in [-0.3, -0.25) is 9.89 Å². The van der Waals surface area contributed by atoms with Crippen LogP contribution in [-0.2, 0) is 10.0 Å². The summed E-state index contributed by atoms with van der Waals surface area (Å²) in [6.45, 7) is 1.68. The lowest BCUT2D eigenvalue weighted by atomic mass is 10.3. The molecule has 0 unspecified atom stereocenters. The van der Waals surface area contributed by atoms with Gasteiger partial charge in [0.15, 0.2) is 11.3 Å². The minimum atomic E-state index is -3.77. The van der Waals surface area contributed by atoms with Gasteiger partial charge in [-0.05, 0) is 31.2 Å².